The molecule has 182 valence electrons. The summed E-state index contributed by atoms with van der Waals surface area (Å²) >= 11 is 0. The summed E-state index contributed by atoms with van der Waals surface area (Å²) in [6, 6.07) is 15.9. The first kappa shape index (κ1) is 24.1. The van der Waals surface area contributed by atoms with Gasteiger partial charge in [-0.25, -0.2) is 13.2 Å². The minimum absolute atomic E-state index is 0.00677. The molecule has 0 aliphatic carbocycles. The highest BCUT2D eigenvalue weighted by Crippen LogP contribution is 2.34. The molecule has 0 fully saturated rings. The fourth-order valence-electron chi connectivity index (χ4n) is 3.94. The predicted octanol–water partition coefficient (Wildman–Crippen LogP) is 3.49. The van der Waals surface area contributed by atoms with Crippen molar-refractivity contribution in [1.29, 1.82) is 0 Å². The fourth-order valence-corrected chi connectivity index (χ4v) is 5.47. The third-order valence-corrected chi connectivity index (χ3v) is 7.54. The molecule has 0 saturated heterocycles. The van der Waals surface area contributed by atoms with Crippen LogP contribution < -0.4 is 19.1 Å². The highest BCUT2D eigenvalue weighted by Gasteiger charge is 2.31. The van der Waals surface area contributed by atoms with Crippen LogP contribution in [0.4, 0.5) is 11.4 Å². The van der Waals surface area contributed by atoms with Crippen molar-refractivity contribution in [3.63, 3.8) is 0 Å². The van der Waals surface area contributed by atoms with Crippen molar-refractivity contribution >= 4 is 33.3 Å². The van der Waals surface area contributed by atoms with Gasteiger partial charge in [0.25, 0.3) is 15.9 Å². The van der Waals surface area contributed by atoms with Crippen LogP contribution in [-0.4, -0.2) is 48.2 Å². The van der Waals surface area contributed by atoms with Crippen LogP contribution in [0.2, 0.25) is 0 Å². The van der Waals surface area contributed by atoms with Gasteiger partial charge in [-0.3, -0.25) is 9.10 Å². The van der Waals surface area contributed by atoms with E-state index in [1.54, 1.807) is 18.2 Å². The van der Waals surface area contributed by atoms with Gasteiger partial charge in [0, 0.05) is 6.54 Å². The number of fused-ring (bicyclic) bond motifs is 1. The number of nitrogens with one attached hydrogen (secondary N) is 1. The quantitative estimate of drug-likeness (QED) is 0.499. The van der Waals surface area contributed by atoms with Gasteiger partial charge >= 0.3 is 5.97 Å². The number of carbonyl (C=O) groups excluding carboxylic acids is 2. The van der Waals surface area contributed by atoms with Crippen LogP contribution in [0.15, 0.2) is 65.6 Å². The van der Waals surface area contributed by atoms with E-state index in [2.05, 4.69) is 5.32 Å². The molecule has 9 nitrogen and oxygen atoms in total. The average molecular weight is 497 g/mol. The van der Waals surface area contributed by atoms with E-state index >= 15 is 0 Å². The van der Waals surface area contributed by atoms with Crippen molar-refractivity contribution < 1.29 is 32.2 Å². The molecule has 0 spiro atoms. The Hall–Kier alpha value is -4.05. The summed E-state index contributed by atoms with van der Waals surface area (Å²) in [5, 5.41) is 2.65. The Morgan fingerprint density at radius 1 is 0.914 bits per heavy atom. The maximum atomic E-state index is 13.5. The number of para-hydroxylation sites is 1. The summed E-state index contributed by atoms with van der Waals surface area (Å²) in [5.41, 5.74) is 1.81. The van der Waals surface area contributed by atoms with Gasteiger partial charge < -0.3 is 19.5 Å². The van der Waals surface area contributed by atoms with Crippen molar-refractivity contribution in [2.75, 3.05) is 37.5 Å². The summed E-state index contributed by atoms with van der Waals surface area (Å²) in [4.78, 5) is 25.4. The number of esters is 1. The van der Waals surface area contributed by atoms with Crippen molar-refractivity contribution in [2.24, 2.45) is 0 Å². The van der Waals surface area contributed by atoms with E-state index in [0.717, 1.165) is 5.56 Å². The van der Waals surface area contributed by atoms with E-state index in [1.165, 1.54) is 56.0 Å². The van der Waals surface area contributed by atoms with Crippen molar-refractivity contribution in [3.8, 4) is 11.5 Å². The summed E-state index contributed by atoms with van der Waals surface area (Å²) < 4.78 is 43.5. The van der Waals surface area contributed by atoms with E-state index in [4.69, 9.17) is 14.2 Å². The Bertz CT molecular complexity index is 1400. The Morgan fingerprint density at radius 2 is 1.69 bits per heavy atom. The number of hydrogen-bond acceptors (Lipinski definition) is 7. The molecular formula is C25H24N2O7S. The van der Waals surface area contributed by atoms with Gasteiger partial charge in [0.1, 0.15) is 11.5 Å². The first-order valence-corrected chi connectivity index (χ1v) is 12.1. The molecule has 0 aromatic heterocycles. The zero-order valence-electron chi connectivity index (χ0n) is 19.4. The second-order valence-corrected chi connectivity index (χ2v) is 9.54. The van der Waals surface area contributed by atoms with Crippen molar-refractivity contribution in [3.05, 3.63) is 77.4 Å². The number of sulfonamides is 1. The monoisotopic (exact) mass is 496 g/mol. The van der Waals surface area contributed by atoms with Crippen LogP contribution >= 0.6 is 0 Å². The normalized spacial score (nSPS) is 12.6. The highest BCUT2D eigenvalue weighted by atomic mass is 32.2. The predicted molar refractivity (Wildman–Crippen MR) is 130 cm³/mol. The third-order valence-electron chi connectivity index (χ3n) is 5.73. The lowest BCUT2D eigenvalue weighted by Crippen LogP contribution is -2.29. The van der Waals surface area contributed by atoms with Crippen molar-refractivity contribution in [1.82, 2.24) is 0 Å². The molecule has 0 unspecified atom stereocenters. The minimum Gasteiger partial charge on any atom is -0.497 e. The number of hydrogen-bond donors (Lipinski definition) is 1. The lowest BCUT2D eigenvalue weighted by atomic mass is 10.1. The second-order valence-electron chi connectivity index (χ2n) is 7.68. The summed E-state index contributed by atoms with van der Waals surface area (Å²) in [6.07, 6.45) is 0.604. The molecule has 1 N–H and O–H groups in total. The number of ether oxygens (including phenoxy) is 3. The zero-order valence-corrected chi connectivity index (χ0v) is 20.2. The zero-order chi connectivity index (χ0) is 25.2. The van der Waals surface area contributed by atoms with E-state index in [0.29, 0.717) is 24.4 Å². The molecule has 0 atom stereocenters. The molecule has 1 aliphatic rings. The molecule has 0 saturated carbocycles. The first-order chi connectivity index (χ1) is 16.8. The summed E-state index contributed by atoms with van der Waals surface area (Å²) in [7, 11) is 0.118. The molecule has 1 heterocycles. The lowest BCUT2D eigenvalue weighted by molar-refractivity contribution is 0.0601. The van der Waals surface area contributed by atoms with Crippen LogP contribution in [0.5, 0.6) is 11.5 Å². The largest absolute Gasteiger partial charge is 0.497 e. The fraction of sp³-hybridized carbons (Fsp3) is 0.200. The Kier molecular flexibility index (Phi) is 6.65. The van der Waals surface area contributed by atoms with Crippen LogP contribution in [0, 0.1) is 0 Å². The summed E-state index contributed by atoms with van der Waals surface area (Å²) in [6.45, 7) is 0.309. The van der Waals surface area contributed by atoms with Gasteiger partial charge in [0.2, 0.25) is 0 Å². The number of carbonyl (C=O) groups is 2. The molecule has 1 aliphatic heterocycles. The lowest BCUT2D eigenvalue weighted by Gasteiger charge is -2.20. The minimum atomic E-state index is -3.93. The van der Waals surface area contributed by atoms with E-state index < -0.39 is 21.9 Å². The van der Waals surface area contributed by atoms with Crippen LogP contribution in [0.1, 0.15) is 26.3 Å². The molecule has 0 bridgehead atoms. The Morgan fingerprint density at radius 3 is 2.40 bits per heavy atom. The van der Waals surface area contributed by atoms with Gasteiger partial charge in [0.05, 0.1) is 48.7 Å². The molecule has 1 amide bonds. The standard InChI is InChI=1S/C25H24N2O7S/c1-32-17-8-10-21(19(14-17)25(29)34-3)26-24(28)20-15-18(9-11-23(20)33-2)35(30,31)27-13-12-16-6-4-5-7-22(16)27/h4-11,14-15H,12-13H2,1-3H3,(H,26,28). The van der Waals surface area contributed by atoms with E-state index in [-0.39, 0.29) is 27.5 Å². The van der Waals surface area contributed by atoms with Gasteiger partial charge in [-0.1, -0.05) is 18.2 Å². The van der Waals surface area contributed by atoms with Gasteiger partial charge in [-0.2, -0.15) is 0 Å². The second kappa shape index (κ2) is 9.67. The van der Waals surface area contributed by atoms with Crippen molar-refractivity contribution in [2.45, 2.75) is 11.3 Å². The number of amides is 1. The molecule has 35 heavy (non-hydrogen) atoms. The number of anilines is 2. The smallest absolute Gasteiger partial charge is 0.340 e. The third kappa shape index (κ3) is 4.52. The Balaban J connectivity index is 1.70. The van der Waals surface area contributed by atoms with Gasteiger partial charge in [-0.15, -0.1) is 0 Å². The number of methoxy groups -OCH3 is 3. The highest BCUT2D eigenvalue weighted by molar-refractivity contribution is 7.92. The number of nitrogens with zero attached hydrogens (tertiary/aromatic N) is 1. The van der Waals surface area contributed by atoms with Crippen LogP contribution in [-0.2, 0) is 21.2 Å². The molecule has 4 rings (SSSR count). The molecule has 3 aromatic rings. The van der Waals surface area contributed by atoms with E-state index in [1.807, 2.05) is 12.1 Å². The van der Waals surface area contributed by atoms with Crippen LogP contribution in [0.3, 0.4) is 0 Å². The maximum Gasteiger partial charge on any atom is 0.340 e. The molecule has 0 radical (unpaired) electrons. The summed E-state index contributed by atoms with van der Waals surface area (Å²) in [5.74, 6) is -0.748. The number of rotatable bonds is 7. The Labute approximate surface area is 203 Å². The first-order valence-electron chi connectivity index (χ1n) is 10.7. The maximum absolute atomic E-state index is 13.5. The molecular weight excluding hydrogens is 472 g/mol. The SMILES string of the molecule is COC(=O)c1cc(OC)ccc1NC(=O)c1cc(S(=O)(=O)N2CCc3ccccc32)ccc1OC. The van der Waals surface area contributed by atoms with Crippen LogP contribution in [0.25, 0.3) is 0 Å². The average Bonchev–Trinajstić information content (AvgIpc) is 3.33. The molecule has 10 heteroatoms. The molecule has 3 aromatic carbocycles. The number of benzene rings is 3. The topological polar surface area (TPSA) is 111 Å². The van der Waals surface area contributed by atoms with Gasteiger partial charge in [0.15, 0.2) is 0 Å². The van der Waals surface area contributed by atoms with Gasteiger partial charge in [-0.05, 0) is 54.4 Å². The van der Waals surface area contributed by atoms with E-state index in [9.17, 15) is 18.0 Å².